The van der Waals surface area contributed by atoms with Crippen LogP contribution in [0.4, 0.5) is 5.82 Å². The molecule has 1 aromatic rings. The summed E-state index contributed by atoms with van der Waals surface area (Å²) in [5.74, 6) is 0.803. The minimum absolute atomic E-state index is 0.0240. The van der Waals surface area contributed by atoms with Crippen molar-refractivity contribution in [2.24, 2.45) is 5.92 Å². The van der Waals surface area contributed by atoms with Gasteiger partial charge in [0, 0.05) is 25.6 Å². The maximum atomic E-state index is 12.7. The van der Waals surface area contributed by atoms with Crippen molar-refractivity contribution >= 4 is 17.6 Å². The Kier molecular flexibility index (Phi) is 6.44. The van der Waals surface area contributed by atoms with E-state index in [0.717, 1.165) is 25.9 Å². The van der Waals surface area contributed by atoms with E-state index in [-0.39, 0.29) is 24.5 Å². The van der Waals surface area contributed by atoms with E-state index in [9.17, 15) is 9.59 Å². The second-order valence-electron chi connectivity index (χ2n) is 7.03. The Hall–Kier alpha value is -1.89. The van der Waals surface area contributed by atoms with Crippen LogP contribution in [-0.4, -0.2) is 47.7 Å². The molecule has 3 rings (SSSR count). The molecule has 2 aliphatic rings. The molecule has 1 aliphatic carbocycles. The summed E-state index contributed by atoms with van der Waals surface area (Å²) in [5.41, 5.74) is 0. The normalized spacial score (nSPS) is 20.7. The van der Waals surface area contributed by atoms with Crippen LogP contribution in [0.1, 0.15) is 51.4 Å². The van der Waals surface area contributed by atoms with Crippen LogP contribution in [0.25, 0.3) is 0 Å². The zero-order valence-electron chi connectivity index (χ0n) is 14.6. The Morgan fingerprint density at radius 3 is 2.76 bits per heavy atom. The quantitative estimate of drug-likeness (QED) is 0.780. The van der Waals surface area contributed by atoms with Crippen molar-refractivity contribution < 1.29 is 18.8 Å². The number of aromatic nitrogens is 1. The van der Waals surface area contributed by atoms with Gasteiger partial charge in [0.15, 0.2) is 5.82 Å². The fraction of sp³-hybridized carbons (Fsp3) is 0.722. The van der Waals surface area contributed by atoms with Crippen molar-refractivity contribution in [3.8, 4) is 0 Å². The molecule has 25 heavy (non-hydrogen) atoms. The predicted octanol–water partition coefficient (Wildman–Crippen LogP) is 2.59. The third-order valence-corrected chi connectivity index (χ3v) is 5.08. The third kappa shape index (κ3) is 5.56. The largest absolute Gasteiger partial charge is 0.376 e. The summed E-state index contributed by atoms with van der Waals surface area (Å²) in [5, 5.41) is 6.32. The molecular formula is C18H27N3O4. The SMILES string of the molecule is O=C(CN(CC1CCCO1)C(=O)CCC1CCCC1)Nc1ccon1. The summed E-state index contributed by atoms with van der Waals surface area (Å²) < 4.78 is 10.4. The molecule has 1 aromatic heterocycles. The second kappa shape index (κ2) is 8.99. The minimum Gasteiger partial charge on any atom is -0.376 e. The number of nitrogens with zero attached hydrogens (tertiary/aromatic N) is 2. The molecule has 1 unspecified atom stereocenters. The number of anilines is 1. The number of hydrogen-bond donors (Lipinski definition) is 1. The zero-order chi connectivity index (χ0) is 17.5. The van der Waals surface area contributed by atoms with Crippen molar-refractivity contribution in [3.63, 3.8) is 0 Å². The molecule has 0 radical (unpaired) electrons. The molecule has 2 heterocycles. The molecule has 1 saturated heterocycles. The number of carbonyl (C=O) groups excluding carboxylic acids is 2. The predicted molar refractivity (Wildman–Crippen MR) is 91.9 cm³/mol. The van der Waals surface area contributed by atoms with Crippen LogP contribution >= 0.6 is 0 Å². The first-order chi connectivity index (χ1) is 12.2. The highest BCUT2D eigenvalue weighted by molar-refractivity contribution is 5.93. The first-order valence-electron chi connectivity index (χ1n) is 9.30. The molecule has 1 atom stereocenters. The number of carbonyl (C=O) groups is 2. The van der Waals surface area contributed by atoms with Crippen molar-refractivity contribution in [3.05, 3.63) is 12.3 Å². The van der Waals surface area contributed by atoms with Gasteiger partial charge in [-0.05, 0) is 25.2 Å². The number of rotatable bonds is 8. The maximum Gasteiger partial charge on any atom is 0.245 e. The summed E-state index contributed by atoms with van der Waals surface area (Å²) in [6, 6.07) is 1.57. The van der Waals surface area contributed by atoms with Gasteiger partial charge in [-0.1, -0.05) is 30.8 Å². The maximum absolute atomic E-state index is 12.7. The van der Waals surface area contributed by atoms with Gasteiger partial charge in [-0.3, -0.25) is 9.59 Å². The zero-order valence-corrected chi connectivity index (χ0v) is 14.6. The van der Waals surface area contributed by atoms with E-state index in [4.69, 9.17) is 9.26 Å². The van der Waals surface area contributed by atoms with Crippen LogP contribution in [-0.2, 0) is 14.3 Å². The van der Waals surface area contributed by atoms with E-state index in [1.54, 1.807) is 11.0 Å². The molecule has 7 nitrogen and oxygen atoms in total. The van der Waals surface area contributed by atoms with Gasteiger partial charge in [0.25, 0.3) is 0 Å². The van der Waals surface area contributed by atoms with Crippen molar-refractivity contribution in [2.45, 2.75) is 57.5 Å². The van der Waals surface area contributed by atoms with E-state index in [1.807, 2.05) is 0 Å². The Labute approximate surface area is 148 Å². The van der Waals surface area contributed by atoms with Gasteiger partial charge >= 0.3 is 0 Å². The molecule has 1 saturated carbocycles. The molecule has 1 aliphatic heterocycles. The Balaban J connectivity index is 1.53. The van der Waals surface area contributed by atoms with Gasteiger partial charge in [-0.2, -0.15) is 0 Å². The van der Waals surface area contributed by atoms with Crippen LogP contribution in [0, 0.1) is 5.92 Å². The monoisotopic (exact) mass is 349 g/mol. The van der Waals surface area contributed by atoms with E-state index in [0.29, 0.717) is 24.7 Å². The standard InChI is InChI=1S/C18H27N3O4/c22-17(19-16-9-11-25-20-16)13-21(12-15-6-3-10-24-15)18(23)8-7-14-4-1-2-5-14/h9,11,14-15H,1-8,10,12-13H2,(H,19,20,22). The first kappa shape index (κ1) is 17.9. The summed E-state index contributed by atoms with van der Waals surface area (Å²) in [7, 11) is 0. The molecule has 1 N–H and O–H groups in total. The van der Waals surface area contributed by atoms with Crippen LogP contribution in [0.5, 0.6) is 0 Å². The fourth-order valence-corrected chi connectivity index (χ4v) is 3.71. The van der Waals surface area contributed by atoms with Crippen molar-refractivity contribution in [2.75, 3.05) is 25.0 Å². The van der Waals surface area contributed by atoms with E-state index >= 15 is 0 Å². The number of ether oxygens (including phenoxy) is 1. The second-order valence-corrected chi connectivity index (χ2v) is 7.03. The highest BCUT2D eigenvalue weighted by Crippen LogP contribution is 2.28. The van der Waals surface area contributed by atoms with Crippen molar-refractivity contribution in [1.82, 2.24) is 10.1 Å². The summed E-state index contributed by atoms with van der Waals surface area (Å²) in [4.78, 5) is 26.6. The molecular weight excluding hydrogens is 322 g/mol. The molecule has 0 aromatic carbocycles. The summed E-state index contributed by atoms with van der Waals surface area (Å²) in [6.45, 7) is 1.24. The van der Waals surface area contributed by atoms with Crippen LogP contribution in [0.15, 0.2) is 16.9 Å². The van der Waals surface area contributed by atoms with E-state index in [1.165, 1.54) is 31.9 Å². The molecule has 2 amide bonds. The van der Waals surface area contributed by atoms with Crippen LogP contribution in [0.3, 0.4) is 0 Å². The Morgan fingerprint density at radius 1 is 1.24 bits per heavy atom. The number of nitrogens with one attached hydrogen (secondary N) is 1. The van der Waals surface area contributed by atoms with Gasteiger partial charge in [-0.25, -0.2) is 0 Å². The van der Waals surface area contributed by atoms with Crippen molar-refractivity contribution in [1.29, 1.82) is 0 Å². The lowest BCUT2D eigenvalue weighted by atomic mass is 10.0. The highest BCUT2D eigenvalue weighted by atomic mass is 16.5. The molecule has 2 fully saturated rings. The Bertz CT molecular complexity index is 549. The van der Waals surface area contributed by atoms with Crippen LogP contribution < -0.4 is 5.32 Å². The van der Waals surface area contributed by atoms with Crippen LogP contribution in [0.2, 0.25) is 0 Å². The van der Waals surface area contributed by atoms with Gasteiger partial charge in [0.1, 0.15) is 6.26 Å². The summed E-state index contributed by atoms with van der Waals surface area (Å²) >= 11 is 0. The smallest absolute Gasteiger partial charge is 0.245 e. The molecule has 0 spiro atoms. The fourth-order valence-electron chi connectivity index (χ4n) is 3.71. The summed E-state index contributed by atoms with van der Waals surface area (Å²) in [6.07, 6.45) is 9.83. The van der Waals surface area contributed by atoms with E-state index < -0.39 is 0 Å². The average molecular weight is 349 g/mol. The van der Waals surface area contributed by atoms with Gasteiger partial charge in [-0.15, -0.1) is 0 Å². The highest BCUT2D eigenvalue weighted by Gasteiger charge is 2.25. The van der Waals surface area contributed by atoms with Gasteiger partial charge in [0.2, 0.25) is 11.8 Å². The lowest BCUT2D eigenvalue weighted by molar-refractivity contribution is -0.136. The lowest BCUT2D eigenvalue weighted by Crippen LogP contribution is -2.42. The van der Waals surface area contributed by atoms with Gasteiger partial charge < -0.3 is 19.5 Å². The number of hydrogen-bond acceptors (Lipinski definition) is 5. The molecule has 138 valence electrons. The van der Waals surface area contributed by atoms with E-state index in [2.05, 4.69) is 10.5 Å². The molecule has 0 bridgehead atoms. The minimum atomic E-state index is -0.263. The Morgan fingerprint density at radius 2 is 2.08 bits per heavy atom. The molecule has 7 heteroatoms. The number of amides is 2. The van der Waals surface area contributed by atoms with Gasteiger partial charge in [0.05, 0.1) is 12.6 Å². The third-order valence-electron chi connectivity index (χ3n) is 5.08. The first-order valence-corrected chi connectivity index (χ1v) is 9.30. The lowest BCUT2D eigenvalue weighted by Gasteiger charge is -2.25. The topological polar surface area (TPSA) is 84.7 Å². The average Bonchev–Trinajstić information content (AvgIpc) is 3.35.